The number of hydrogen-bond acceptors (Lipinski definition) is 5. The topological polar surface area (TPSA) is 72.9 Å². The van der Waals surface area contributed by atoms with Crippen LogP contribution in [-0.4, -0.2) is 71.6 Å². The maximum absolute atomic E-state index is 12.3. The Balaban J connectivity index is 1.53. The van der Waals surface area contributed by atoms with Crippen LogP contribution < -0.4 is 5.32 Å². The molecule has 3 heterocycles. The zero-order valence-corrected chi connectivity index (χ0v) is 13.2. The Kier molecular flexibility index (Phi) is 4.75. The van der Waals surface area contributed by atoms with E-state index in [1.54, 1.807) is 16.2 Å². The Bertz CT molecular complexity index is 534. The smallest absolute Gasteiger partial charge is 0.234 e. The number of hydrogen-bond donors (Lipinski definition) is 2. The van der Waals surface area contributed by atoms with Crippen molar-refractivity contribution in [3.05, 3.63) is 22.4 Å². The van der Waals surface area contributed by atoms with E-state index < -0.39 is 6.10 Å². The van der Waals surface area contributed by atoms with Gasteiger partial charge in [0.25, 0.3) is 0 Å². The van der Waals surface area contributed by atoms with E-state index in [1.807, 2.05) is 22.4 Å². The van der Waals surface area contributed by atoms with E-state index in [0.717, 1.165) is 13.0 Å². The van der Waals surface area contributed by atoms with Gasteiger partial charge in [-0.05, 0) is 17.9 Å². The molecule has 7 heteroatoms. The van der Waals surface area contributed by atoms with Crippen molar-refractivity contribution in [2.24, 2.45) is 0 Å². The molecule has 3 rings (SSSR count). The normalized spacial score (nSPS) is 26.2. The third-order valence-corrected chi connectivity index (χ3v) is 5.25. The first-order chi connectivity index (χ1) is 10.6. The SMILES string of the molecule is O=C1CN([C@H]2CN(C(=O)CCc3cccs3)C[C@@H]2O)CCN1. The van der Waals surface area contributed by atoms with E-state index in [9.17, 15) is 14.7 Å². The van der Waals surface area contributed by atoms with Crippen LogP contribution in [0.3, 0.4) is 0 Å². The van der Waals surface area contributed by atoms with Gasteiger partial charge in [-0.3, -0.25) is 14.5 Å². The predicted molar refractivity (Wildman–Crippen MR) is 83.6 cm³/mol. The number of aliphatic hydroxyl groups excluding tert-OH is 1. The summed E-state index contributed by atoms with van der Waals surface area (Å²) in [6, 6.07) is 3.89. The molecule has 0 saturated carbocycles. The molecule has 0 bridgehead atoms. The third-order valence-electron chi connectivity index (χ3n) is 4.31. The van der Waals surface area contributed by atoms with Crippen LogP contribution in [0.25, 0.3) is 0 Å². The summed E-state index contributed by atoms with van der Waals surface area (Å²) in [6.07, 6.45) is 0.650. The number of rotatable bonds is 4. The first-order valence-corrected chi connectivity index (χ1v) is 8.50. The first-order valence-electron chi connectivity index (χ1n) is 7.62. The van der Waals surface area contributed by atoms with E-state index in [-0.39, 0.29) is 17.9 Å². The second-order valence-corrected chi connectivity index (χ2v) is 6.87. The summed E-state index contributed by atoms with van der Waals surface area (Å²) in [5.41, 5.74) is 0. The zero-order chi connectivity index (χ0) is 15.5. The van der Waals surface area contributed by atoms with Gasteiger partial charge in [-0.2, -0.15) is 0 Å². The average molecular weight is 323 g/mol. The van der Waals surface area contributed by atoms with E-state index in [4.69, 9.17) is 0 Å². The fourth-order valence-electron chi connectivity index (χ4n) is 3.12. The van der Waals surface area contributed by atoms with Crippen molar-refractivity contribution in [3.63, 3.8) is 0 Å². The molecule has 1 aromatic heterocycles. The third kappa shape index (κ3) is 3.48. The van der Waals surface area contributed by atoms with Crippen molar-refractivity contribution in [1.29, 1.82) is 0 Å². The maximum atomic E-state index is 12.3. The number of carbonyl (C=O) groups excluding carboxylic acids is 2. The quantitative estimate of drug-likeness (QED) is 0.797. The van der Waals surface area contributed by atoms with Crippen LogP contribution in [0.1, 0.15) is 11.3 Å². The fourth-order valence-corrected chi connectivity index (χ4v) is 3.83. The molecule has 2 fully saturated rings. The number of thiophene rings is 1. The lowest BCUT2D eigenvalue weighted by molar-refractivity contribution is -0.130. The van der Waals surface area contributed by atoms with Gasteiger partial charge >= 0.3 is 0 Å². The van der Waals surface area contributed by atoms with Gasteiger partial charge < -0.3 is 15.3 Å². The van der Waals surface area contributed by atoms with E-state index in [0.29, 0.717) is 32.6 Å². The Morgan fingerprint density at radius 3 is 3.05 bits per heavy atom. The highest BCUT2D eigenvalue weighted by Gasteiger charge is 2.38. The Hall–Kier alpha value is -1.44. The van der Waals surface area contributed by atoms with E-state index >= 15 is 0 Å². The van der Waals surface area contributed by atoms with Crippen molar-refractivity contribution in [2.45, 2.75) is 25.0 Å². The first kappa shape index (κ1) is 15.5. The lowest BCUT2D eigenvalue weighted by Crippen LogP contribution is -2.54. The maximum Gasteiger partial charge on any atom is 0.234 e. The highest BCUT2D eigenvalue weighted by atomic mass is 32.1. The number of aryl methyl sites for hydroxylation is 1. The van der Waals surface area contributed by atoms with Gasteiger partial charge in [0.1, 0.15) is 0 Å². The lowest BCUT2D eigenvalue weighted by Gasteiger charge is -2.33. The summed E-state index contributed by atoms with van der Waals surface area (Å²) in [6.45, 7) is 2.52. The number of amides is 2. The number of aliphatic hydroxyl groups is 1. The highest BCUT2D eigenvalue weighted by Crippen LogP contribution is 2.19. The summed E-state index contributed by atoms with van der Waals surface area (Å²) in [7, 11) is 0. The number of carbonyl (C=O) groups is 2. The minimum Gasteiger partial charge on any atom is -0.390 e. The average Bonchev–Trinajstić information content (AvgIpc) is 3.14. The van der Waals surface area contributed by atoms with Gasteiger partial charge in [0.2, 0.25) is 11.8 Å². The highest BCUT2D eigenvalue weighted by molar-refractivity contribution is 7.09. The molecule has 0 radical (unpaired) electrons. The monoisotopic (exact) mass is 323 g/mol. The molecule has 0 aromatic carbocycles. The molecule has 2 aliphatic heterocycles. The van der Waals surface area contributed by atoms with Crippen LogP contribution >= 0.6 is 11.3 Å². The van der Waals surface area contributed by atoms with Crippen molar-refractivity contribution >= 4 is 23.2 Å². The molecular formula is C15H21N3O3S. The zero-order valence-electron chi connectivity index (χ0n) is 12.4. The predicted octanol–water partition coefficient (Wildman–Crippen LogP) is -0.316. The van der Waals surface area contributed by atoms with Gasteiger partial charge in [-0.25, -0.2) is 0 Å². The standard InChI is InChI=1S/C15H21N3O3S/c19-13-9-18(15(21)4-3-11-2-1-7-22-11)8-12(13)17-6-5-16-14(20)10-17/h1-2,7,12-13,19H,3-6,8-10H2,(H,16,20)/t12-,13-/m0/s1. The molecule has 0 unspecified atom stereocenters. The van der Waals surface area contributed by atoms with Gasteiger partial charge in [-0.1, -0.05) is 6.07 Å². The van der Waals surface area contributed by atoms with Crippen molar-refractivity contribution < 1.29 is 14.7 Å². The van der Waals surface area contributed by atoms with Crippen LogP contribution in [0, 0.1) is 0 Å². The molecule has 2 atom stereocenters. The Labute approximate surface area is 133 Å². The molecule has 2 aliphatic rings. The minimum absolute atomic E-state index is 0.0130. The summed E-state index contributed by atoms with van der Waals surface area (Å²) in [4.78, 5) is 28.7. The molecule has 6 nitrogen and oxygen atoms in total. The second-order valence-electron chi connectivity index (χ2n) is 5.83. The number of nitrogens with zero attached hydrogens (tertiary/aromatic N) is 2. The summed E-state index contributed by atoms with van der Waals surface area (Å²) in [5.74, 6) is 0.0670. The Morgan fingerprint density at radius 1 is 1.45 bits per heavy atom. The van der Waals surface area contributed by atoms with Crippen LogP contribution in [0.4, 0.5) is 0 Å². The summed E-state index contributed by atoms with van der Waals surface area (Å²) < 4.78 is 0. The molecule has 0 aliphatic carbocycles. The number of likely N-dealkylation sites (tertiary alicyclic amines) is 1. The van der Waals surface area contributed by atoms with Crippen molar-refractivity contribution in [1.82, 2.24) is 15.1 Å². The van der Waals surface area contributed by atoms with E-state index in [2.05, 4.69) is 5.32 Å². The molecule has 1 aromatic rings. The van der Waals surface area contributed by atoms with Gasteiger partial charge in [-0.15, -0.1) is 11.3 Å². The van der Waals surface area contributed by atoms with Gasteiger partial charge in [0.15, 0.2) is 0 Å². The van der Waals surface area contributed by atoms with E-state index in [1.165, 1.54) is 4.88 Å². The molecule has 120 valence electrons. The summed E-state index contributed by atoms with van der Waals surface area (Å²) >= 11 is 1.66. The Morgan fingerprint density at radius 2 is 2.32 bits per heavy atom. The number of β-amino-alcohol motifs (C(OH)–C–C–N with tert-alkyl or cyclic N) is 1. The summed E-state index contributed by atoms with van der Waals surface area (Å²) in [5, 5.41) is 15.0. The van der Waals surface area contributed by atoms with Crippen molar-refractivity contribution in [3.8, 4) is 0 Å². The fraction of sp³-hybridized carbons (Fsp3) is 0.600. The van der Waals surface area contributed by atoms with Crippen LogP contribution in [0.2, 0.25) is 0 Å². The molecule has 2 saturated heterocycles. The minimum atomic E-state index is -0.573. The lowest BCUT2D eigenvalue weighted by atomic mass is 10.1. The largest absolute Gasteiger partial charge is 0.390 e. The number of nitrogens with one attached hydrogen (secondary N) is 1. The van der Waals surface area contributed by atoms with Crippen molar-refractivity contribution in [2.75, 3.05) is 32.7 Å². The number of piperazine rings is 1. The van der Waals surface area contributed by atoms with Gasteiger partial charge in [0.05, 0.1) is 18.7 Å². The molecule has 0 spiro atoms. The molecule has 2 amide bonds. The molecular weight excluding hydrogens is 302 g/mol. The van der Waals surface area contributed by atoms with Crippen LogP contribution in [0.5, 0.6) is 0 Å². The van der Waals surface area contributed by atoms with Crippen LogP contribution in [0.15, 0.2) is 17.5 Å². The van der Waals surface area contributed by atoms with Crippen LogP contribution in [-0.2, 0) is 16.0 Å². The molecule has 2 N–H and O–H groups in total. The van der Waals surface area contributed by atoms with Gasteiger partial charge in [0, 0.05) is 37.5 Å². The second kappa shape index (κ2) is 6.76. The molecule has 22 heavy (non-hydrogen) atoms.